The van der Waals surface area contributed by atoms with Crippen molar-refractivity contribution in [3.05, 3.63) is 66.2 Å². The molecule has 0 unspecified atom stereocenters. The lowest BCUT2D eigenvalue weighted by Gasteiger charge is -2.33. The maximum Gasteiger partial charge on any atom is 0.243 e. The number of pyridine rings is 1. The van der Waals surface area contributed by atoms with Gasteiger partial charge in [-0.1, -0.05) is 30.3 Å². The predicted molar refractivity (Wildman–Crippen MR) is 135 cm³/mol. The number of ether oxygens (including phenoxy) is 1. The van der Waals surface area contributed by atoms with Gasteiger partial charge < -0.3 is 15.0 Å². The van der Waals surface area contributed by atoms with Gasteiger partial charge in [0.15, 0.2) is 0 Å². The van der Waals surface area contributed by atoms with Crippen molar-refractivity contribution in [1.82, 2.24) is 14.6 Å². The number of carbonyl (C=O) groups excluding carboxylic acids is 1. The minimum atomic E-state index is -3.56. The second-order valence-corrected chi connectivity index (χ2v) is 11.0. The number of aromatic nitrogens is 1. The number of fused-ring (bicyclic) bond motifs is 1. The minimum Gasteiger partial charge on any atom is -0.379 e. The molecule has 3 aromatic rings. The van der Waals surface area contributed by atoms with Crippen molar-refractivity contribution in [2.24, 2.45) is 5.92 Å². The van der Waals surface area contributed by atoms with Crippen LogP contribution in [0.4, 0.5) is 5.82 Å². The molecule has 2 saturated heterocycles. The van der Waals surface area contributed by atoms with E-state index < -0.39 is 10.0 Å². The molecule has 35 heavy (non-hydrogen) atoms. The molecule has 0 bridgehead atoms. The lowest BCUT2D eigenvalue weighted by atomic mass is 9.97. The molecule has 2 aromatic carbocycles. The quantitative estimate of drug-likeness (QED) is 0.567. The SMILES string of the molecule is O=C(NCc1ccccc1)[C@H]1CCCN(c2ccc3cc(S(=O)(=O)N4CCOCC4)ccc3n2)C1. The number of piperidine rings is 1. The number of nitrogens with zero attached hydrogens (tertiary/aromatic N) is 3. The van der Waals surface area contributed by atoms with Crippen molar-refractivity contribution < 1.29 is 17.9 Å². The van der Waals surface area contributed by atoms with Gasteiger partial charge in [-0.05, 0) is 48.7 Å². The van der Waals surface area contributed by atoms with Gasteiger partial charge in [-0.3, -0.25) is 4.79 Å². The molecule has 2 aliphatic heterocycles. The predicted octanol–water partition coefficient (Wildman–Crippen LogP) is 2.79. The van der Waals surface area contributed by atoms with E-state index in [0.717, 1.165) is 41.7 Å². The summed E-state index contributed by atoms with van der Waals surface area (Å²) in [6, 6.07) is 18.8. The Morgan fingerprint density at radius 3 is 2.63 bits per heavy atom. The smallest absolute Gasteiger partial charge is 0.243 e. The van der Waals surface area contributed by atoms with Crippen LogP contribution in [0.5, 0.6) is 0 Å². The lowest BCUT2D eigenvalue weighted by Crippen LogP contribution is -2.43. The van der Waals surface area contributed by atoms with E-state index in [-0.39, 0.29) is 16.7 Å². The molecule has 0 spiro atoms. The summed E-state index contributed by atoms with van der Waals surface area (Å²) in [5.41, 5.74) is 1.82. The Bertz CT molecular complexity index is 1290. The van der Waals surface area contributed by atoms with E-state index >= 15 is 0 Å². The zero-order valence-corrected chi connectivity index (χ0v) is 20.4. The molecular formula is C26H30N4O4S. The van der Waals surface area contributed by atoms with E-state index in [4.69, 9.17) is 9.72 Å². The van der Waals surface area contributed by atoms with Crippen molar-refractivity contribution >= 4 is 32.7 Å². The Morgan fingerprint density at radius 1 is 1.03 bits per heavy atom. The number of amides is 1. The number of rotatable bonds is 6. The molecule has 2 fully saturated rings. The van der Waals surface area contributed by atoms with Crippen LogP contribution < -0.4 is 10.2 Å². The number of hydrogen-bond acceptors (Lipinski definition) is 6. The van der Waals surface area contributed by atoms with Crippen LogP contribution in [0.3, 0.4) is 0 Å². The highest BCUT2D eigenvalue weighted by molar-refractivity contribution is 7.89. The van der Waals surface area contributed by atoms with Crippen molar-refractivity contribution in [2.45, 2.75) is 24.3 Å². The molecule has 184 valence electrons. The van der Waals surface area contributed by atoms with Gasteiger partial charge in [0, 0.05) is 38.1 Å². The summed E-state index contributed by atoms with van der Waals surface area (Å²) >= 11 is 0. The van der Waals surface area contributed by atoms with Gasteiger partial charge >= 0.3 is 0 Å². The third-order valence-electron chi connectivity index (χ3n) is 6.68. The van der Waals surface area contributed by atoms with Crippen molar-refractivity contribution in [1.29, 1.82) is 0 Å². The van der Waals surface area contributed by atoms with Crippen LogP contribution in [-0.2, 0) is 26.1 Å². The normalized spacial score (nSPS) is 19.5. The standard InChI is InChI=1S/C26H30N4O4S/c31-26(27-18-20-5-2-1-3-6-20)22-7-4-12-29(19-22)25-11-8-21-17-23(9-10-24(21)28-25)35(32,33)30-13-15-34-16-14-30/h1-3,5-6,8-11,17,22H,4,7,12-16,18-19H2,(H,27,31)/t22-/m0/s1. The topological polar surface area (TPSA) is 91.8 Å². The number of anilines is 1. The molecular weight excluding hydrogens is 464 g/mol. The number of nitrogens with one attached hydrogen (secondary N) is 1. The third kappa shape index (κ3) is 5.32. The van der Waals surface area contributed by atoms with Crippen molar-refractivity contribution in [2.75, 3.05) is 44.3 Å². The molecule has 0 radical (unpaired) electrons. The van der Waals surface area contributed by atoms with Gasteiger partial charge in [0.2, 0.25) is 15.9 Å². The van der Waals surface area contributed by atoms with Crippen molar-refractivity contribution in [3.8, 4) is 0 Å². The number of hydrogen-bond donors (Lipinski definition) is 1. The molecule has 0 saturated carbocycles. The Hall–Kier alpha value is -3.01. The highest BCUT2D eigenvalue weighted by atomic mass is 32.2. The van der Waals surface area contributed by atoms with E-state index in [9.17, 15) is 13.2 Å². The molecule has 9 heteroatoms. The van der Waals surface area contributed by atoms with Gasteiger partial charge in [-0.15, -0.1) is 0 Å². The van der Waals surface area contributed by atoms with Crippen LogP contribution in [0.15, 0.2) is 65.6 Å². The summed E-state index contributed by atoms with van der Waals surface area (Å²) < 4.78 is 32.7. The molecule has 5 rings (SSSR count). The average molecular weight is 495 g/mol. The Morgan fingerprint density at radius 2 is 1.83 bits per heavy atom. The van der Waals surface area contributed by atoms with Crippen molar-refractivity contribution in [3.63, 3.8) is 0 Å². The van der Waals surface area contributed by atoms with E-state index in [2.05, 4.69) is 10.2 Å². The molecule has 1 atom stereocenters. The third-order valence-corrected chi connectivity index (χ3v) is 8.57. The summed E-state index contributed by atoms with van der Waals surface area (Å²) in [5, 5.41) is 3.84. The van der Waals surface area contributed by atoms with E-state index in [0.29, 0.717) is 39.4 Å². The first-order valence-corrected chi connectivity index (χ1v) is 13.5. The minimum absolute atomic E-state index is 0.0669. The van der Waals surface area contributed by atoms with Gasteiger partial charge in [-0.25, -0.2) is 13.4 Å². The summed E-state index contributed by atoms with van der Waals surface area (Å²) in [6.45, 7) is 3.55. The first-order valence-electron chi connectivity index (χ1n) is 12.1. The van der Waals surface area contributed by atoms with Crippen LogP contribution in [-0.4, -0.2) is 63.0 Å². The summed E-state index contributed by atoms with van der Waals surface area (Å²) in [6.07, 6.45) is 1.77. The Kier molecular flexibility index (Phi) is 6.99. The fourth-order valence-electron chi connectivity index (χ4n) is 4.69. The Balaban J connectivity index is 1.28. The lowest BCUT2D eigenvalue weighted by molar-refractivity contribution is -0.125. The number of sulfonamides is 1. The molecule has 3 heterocycles. The second-order valence-electron chi connectivity index (χ2n) is 9.03. The van der Waals surface area contributed by atoms with Gasteiger partial charge in [0.25, 0.3) is 0 Å². The number of morpholine rings is 1. The first-order chi connectivity index (χ1) is 17.0. The summed E-state index contributed by atoms with van der Waals surface area (Å²) in [4.78, 5) is 20.0. The zero-order chi connectivity index (χ0) is 24.3. The number of carbonyl (C=O) groups is 1. The molecule has 8 nitrogen and oxygen atoms in total. The van der Waals surface area contributed by atoms with Gasteiger partial charge in [-0.2, -0.15) is 4.31 Å². The van der Waals surface area contributed by atoms with Crippen LogP contribution in [0.25, 0.3) is 10.9 Å². The molecule has 0 aliphatic carbocycles. The highest BCUT2D eigenvalue weighted by Crippen LogP contribution is 2.26. The van der Waals surface area contributed by atoms with Crippen LogP contribution in [0, 0.1) is 5.92 Å². The molecule has 1 N–H and O–H groups in total. The first kappa shape index (κ1) is 23.7. The monoisotopic (exact) mass is 494 g/mol. The van der Waals surface area contributed by atoms with Crippen LogP contribution in [0.2, 0.25) is 0 Å². The largest absolute Gasteiger partial charge is 0.379 e. The second kappa shape index (κ2) is 10.3. The fourth-order valence-corrected chi connectivity index (χ4v) is 6.14. The maximum absolute atomic E-state index is 13.0. The van der Waals surface area contributed by atoms with Gasteiger partial charge in [0.1, 0.15) is 5.82 Å². The highest BCUT2D eigenvalue weighted by Gasteiger charge is 2.28. The van der Waals surface area contributed by atoms with E-state index in [1.165, 1.54) is 4.31 Å². The number of benzene rings is 2. The van der Waals surface area contributed by atoms with E-state index in [1.54, 1.807) is 18.2 Å². The maximum atomic E-state index is 13.0. The Labute approximate surface area is 205 Å². The molecule has 2 aliphatic rings. The van der Waals surface area contributed by atoms with Crippen LogP contribution in [0.1, 0.15) is 18.4 Å². The fraction of sp³-hybridized carbons (Fsp3) is 0.385. The average Bonchev–Trinajstić information content (AvgIpc) is 2.92. The summed E-state index contributed by atoms with van der Waals surface area (Å²) in [5.74, 6) is 0.783. The van der Waals surface area contributed by atoms with Crippen LogP contribution >= 0.6 is 0 Å². The molecule has 1 amide bonds. The van der Waals surface area contributed by atoms with E-state index in [1.807, 2.05) is 42.5 Å². The molecule has 1 aromatic heterocycles. The van der Waals surface area contributed by atoms with Gasteiger partial charge in [0.05, 0.1) is 29.5 Å². The summed E-state index contributed by atoms with van der Waals surface area (Å²) in [7, 11) is -3.56. The zero-order valence-electron chi connectivity index (χ0n) is 19.6.